The molecule has 0 radical (unpaired) electrons. The zero-order valence-electron chi connectivity index (χ0n) is 13.7. The second kappa shape index (κ2) is 6.26. The third-order valence-corrected chi connectivity index (χ3v) is 5.51. The van der Waals surface area contributed by atoms with Crippen molar-refractivity contribution in [1.29, 1.82) is 0 Å². The summed E-state index contributed by atoms with van der Waals surface area (Å²) in [5.41, 5.74) is 0.156. The molecule has 7 heteroatoms. The van der Waals surface area contributed by atoms with Crippen LogP contribution in [0.25, 0.3) is 11.4 Å². The Bertz CT molecular complexity index is 826. The number of carbonyl (C=O) groups excluding carboxylic acids is 2. The van der Waals surface area contributed by atoms with Crippen molar-refractivity contribution < 1.29 is 14.1 Å². The molecule has 6 nitrogen and oxygen atoms in total. The predicted molar refractivity (Wildman–Crippen MR) is 90.4 cm³/mol. The standard InChI is InChI=1S/C18H18ClN3O3/c19-13-7-3-2-6-12(13)16-20-14(25-21-16)11-22-15(23)10-18(17(22)24)8-4-1-5-9-18/h2-3,6-7H,1,4-5,8-11H2. The molecule has 1 spiro atoms. The molecule has 2 fully saturated rings. The van der Waals surface area contributed by atoms with Gasteiger partial charge < -0.3 is 4.52 Å². The molecule has 0 unspecified atom stereocenters. The van der Waals surface area contributed by atoms with Gasteiger partial charge in [-0.1, -0.05) is 48.2 Å². The number of aromatic nitrogens is 2. The smallest absolute Gasteiger partial charge is 0.247 e. The summed E-state index contributed by atoms with van der Waals surface area (Å²) in [5.74, 6) is 0.357. The van der Waals surface area contributed by atoms with Gasteiger partial charge in [0.2, 0.25) is 23.5 Å². The van der Waals surface area contributed by atoms with E-state index in [-0.39, 0.29) is 24.2 Å². The Morgan fingerprint density at radius 3 is 2.68 bits per heavy atom. The number of hydrogen-bond acceptors (Lipinski definition) is 5. The van der Waals surface area contributed by atoms with Crippen LogP contribution >= 0.6 is 11.6 Å². The minimum atomic E-state index is -0.499. The van der Waals surface area contributed by atoms with Gasteiger partial charge in [0.05, 0.1) is 10.4 Å². The SMILES string of the molecule is O=C1CC2(CCCCC2)C(=O)N1Cc1nc(-c2ccccc2Cl)no1. The lowest BCUT2D eigenvalue weighted by molar-refractivity contribution is -0.143. The summed E-state index contributed by atoms with van der Waals surface area (Å²) in [7, 11) is 0. The third kappa shape index (κ3) is 2.84. The summed E-state index contributed by atoms with van der Waals surface area (Å²) in [4.78, 5) is 30.8. The summed E-state index contributed by atoms with van der Waals surface area (Å²) in [6.45, 7) is 0.0247. The summed E-state index contributed by atoms with van der Waals surface area (Å²) in [6.07, 6.45) is 5.03. The number of hydrogen-bond donors (Lipinski definition) is 0. The molecule has 2 aliphatic rings. The van der Waals surface area contributed by atoms with Crippen LogP contribution in [0.3, 0.4) is 0 Å². The summed E-state index contributed by atoms with van der Waals surface area (Å²) in [5, 5.41) is 4.44. The maximum absolute atomic E-state index is 12.8. The topological polar surface area (TPSA) is 76.3 Å². The van der Waals surface area contributed by atoms with Gasteiger partial charge in [0.25, 0.3) is 0 Å². The molecule has 1 aromatic heterocycles. The largest absolute Gasteiger partial charge is 0.337 e. The second-order valence-electron chi connectivity index (χ2n) is 6.79. The van der Waals surface area contributed by atoms with E-state index in [4.69, 9.17) is 16.1 Å². The molecule has 130 valence electrons. The number of rotatable bonds is 3. The van der Waals surface area contributed by atoms with Crippen molar-refractivity contribution in [2.24, 2.45) is 5.41 Å². The van der Waals surface area contributed by atoms with Crippen LogP contribution in [0, 0.1) is 5.41 Å². The van der Waals surface area contributed by atoms with Crippen LogP contribution in [0.2, 0.25) is 5.02 Å². The van der Waals surface area contributed by atoms with Crippen molar-refractivity contribution in [2.75, 3.05) is 0 Å². The highest BCUT2D eigenvalue weighted by Crippen LogP contribution is 2.45. The van der Waals surface area contributed by atoms with E-state index in [0.717, 1.165) is 32.1 Å². The van der Waals surface area contributed by atoms with Crippen LogP contribution in [0.5, 0.6) is 0 Å². The van der Waals surface area contributed by atoms with E-state index in [9.17, 15) is 9.59 Å². The van der Waals surface area contributed by atoms with E-state index in [1.54, 1.807) is 12.1 Å². The summed E-state index contributed by atoms with van der Waals surface area (Å²) >= 11 is 6.14. The first-order chi connectivity index (χ1) is 12.1. The minimum absolute atomic E-state index is 0.0247. The predicted octanol–water partition coefficient (Wildman–Crippen LogP) is 3.60. The average molecular weight is 360 g/mol. The zero-order chi connectivity index (χ0) is 17.4. The first-order valence-electron chi connectivity index (χ1n) is 8.51. The first kappa shape index (κ1) is 16.3. The Labute approximate surface area is 150 Å². The Kier molecular flexibility index (Phi) is 4.07. The maximum atomic E-state index is 12.8. The molecule has 2 aromatic rings. The molecule has 1 aromatic carbocycles. The number of likely N-dealkylation sites (tertiary alicyclic amines) is 1. The lowest BCUT2D eigenvalue weighted by Gasteiger charge is -2.30. The van der Waals surface area contributed by atoms with Gasteiger partial charge in [-0.05, 0) is 25.0 Å². The van der Waals surface area contributed by atoms with Gasteiger partial charge in [0.1, 0.15) is 6.54 Å². The molecule has 1 aliphatic heterocycles. The lowest BCUT2D eigenvalue weighted by atomic mass is 9.73. The van der Waals surface area contributed by atoms with Crippen molar-refractivity contribution in [2.45, 2.75) is 45.1 Å². The fourth-order valence-corrected chi connectivity index (χ4v) is 4.07. The van der Waals surface area contributed by atoms with Crippen molar-refractivity contribution in [3.63, 3.8) is 0 Å². The molecule has 25 heavy (non-hydrogen) atoms. The van der Waals surface area contributed by atoms with Gasteiger partial charge >= 0.3 is 0 Å². The number of halogens is 1. The fourth-order valence-electron chi connectivity index (χ4n) is 3.85. The van der Waals surface area contributed by atoms with Crippen molar-refractivity contribution >= 4 is 23.4 Å². The molecule has 2 amide bonds. The van der Waals surface area contributed by atoms with Crippen LogP contribution < -0.4 is 0 Å². The van der Waals surface area contributed by atoms with Gasteiger partial charge in [0, 0.05) is 12.0 Å². The molecule has 0 N–H and O–H groups in total. The van der Waals surface area contributed by atoms with E-state index in [1.165, 1.54) is 4.90 Å². The van der Waals surface area contributed by atoms with Crippen molar-refractivity contribution in [3.05, 3.63) is 35.2 Å². The molecule has 4 rings (SSSR count). The van der Waals surface area contributed by atoms with Crippen LogP contribution in [0.15, 0.2) is 28.8 Å². The van der Waals surface area contributed by atoms with E-state index in [0.29, 0.717) is 22.8 Å². The van der Waals surface area contributed by atoms with Crippen LogP contribution in [-0.2, 0) is 16.1 Å². The highest BCUT2D eigenvalue weighted by Gasteiger charge is 2.51. The highest BCUT2D eigenvalue weighted by molar-refractivity contribution is 6.33. The van der Waals surface area contributed by atoms with E-state index >= 15 is 0 Å². The van der Waals surface area contributed by atoms with Gasteiger partial charge in [-0.2, -0.15) is 4.98 Å². The first-order valence-corrected chi connectivity index (χ1v) is 8.89. The molecule has 2 heterocycles. The fraction of sp³-hybridized carbons (Fsp3) is 0.444. The van der Waals surface area contributed by atoms with E-state index in [1.807, 2.05) is 12.1 Å². The third-order valence-electron chi connectivity index (χ3n) is 5.18. The zero-order valence-corrected chi connectivity index (χ0v) is 14.5. The number of nitrogens with zero attached hydrogens (tertiary/aromatic N) is 3. The molecule has 1 saturated carbocycles. The monoisotopic (exact) mass is 359 g/mol. The van der Waals surface area contributed by atoms with Crippen LogP contribution in [0.4, 0.5) is 0 Å². The molecule has 1 aliphatic carbocycles. The van der Waals surface area contributed by atoms with Gasteiger partial charge in [-0.3, -0.25) is 14.5 Å². The second-order valence-corrected chi connectivity index (χ2v) is 7.20. The van der Waals surface area contributed by atoms with Crippen LogP contribution in [0.1, 0.15) is 44.4 Å². The Hall–Kier alpha value is -2.21. The van der Waals surface area contributed by atoms with Gasteiger partial charge in [-0.25, -0.2) is 0 Å². The minimum Gasteiger partial charge on any atom is -0.337 e. The maximum Gasteiger partial charge on any atom is 0.247 e. The number of carbonyl (C=O) groups is 2. The quantitative estimate of drug-likeness (QED) is 0.782. The molecule has 0 bridgehead atoms. The Morgan fingerprint density at radius 2 is 1.92 bits per heavy atom. The highest BCUT2D eigenvalue weighted by atomic mass is 35.5. The lowest BCUT2D eigenvalue weighted by Crippen LogP contribution is -2.36. The normalized spacial score (nSPS) is 19.8. The van der Waals surface area contributed by atoms with Crippen molar-refractivity contribution in [1.82, 2.24) is 15.0 Å². The van der Waals surface area contributed by atoms with E-state index < -0.39 is 5.41 Å². The molecular weight excluding hydrogens is 342 g/mol. The number of amides is 2. The summed E-state index contributed by atoms with van der Waals surface area (Å²) in [6, 6.07) is 7.18. The Morgan fingerprint density at radius 1 is 1.16 bits per heavy atom. The average Bonchev–Trinajstić information content (AvgIpc) is 3.16. The Balaban J connectivity index is 1.54. The summed E-state index contributed by atoms with van der Waals surface area (Å²) < 4.78 is 5.24. The number of benzene rings is 1. The van der Waals surface area contributed by atoms with Gasteiger partial charge in [0.15, 0.2) is 0 Å². The van der Waals surface area contributed by atoms with Crippen molar-refractivity contribution in [3.8, 4) is 11.4 Å². The molecule has 1 saturated heterocycles. The molecule has 0 atom stereocenters. The molecular formula is C18H18ClN3O3. The van der Waals surface area contributed by atoms with Crippen LogP contribution in [-0.4, -0.2) is 26.9 Å². The number of imide groups is 1. The van der Waals surface area contributed by atoms with E-state index in [2.05, 4.69) is 10.1 Å². The van der Waals surface area contributed by atoms with Gasteiger partial charge in [-0.15, -0.1) is 0 Å².